The largest absolute Gasteiger partial charge is 0.393 e. The normalized spacial score (nSPS) is 44.2. The van der Waals surface area contributed by atoms with Crippen LogP contribution in [0.1, 0.15) is 226 Å². The molecule has 1 saturated heterocycles. The zero-order valence-electron chi connectivity index (χ0n) is 36.3. The number of nitrogens with zero attached hydrogens (tertiary/aromatic N) is 2. The van der Waals surface area contributed by atoms with Crippen molar-refractivity contribution in [2.45, 2.75) is 280 Å². The highest BCUT2D eigenvalue weighted by Gasteiger charge is 2.54. The van der Waals surface area contributed by atoms with Crippen LogP contribution < -0.4 is 5.32 Å². The van der Waals surface area contributed by atoms with E-state index in [1.165, 1.54) is 199 Å². The molecule has 6 unspecified atom stereocenters. The Balaban J connectivity index is 0.797. The van der Waals surface area contributed by atoms with Crippen molar-refractivity contribution < 1.29 is 5.11 Å². The summed E-state index contributed by atoms with van der Waals surface area (Å²) in [5, 5.41) is 14.8. The number of hydrogen-bond acceptors (Lipinski definition) is 4. The maximum absolute atomic E-state index is 10.3. The van der Waals surface area contributed by atoms with Crippen molar-refractivity contribution in [3.63, 3.8) is 0 Å². The van der Waals surface area contributed by atoms with E-state index in [1.807, 2.05) is 0 Å². The van der Waals surface area contributed by atoms with Crippen molar-refractivity contribution in [2.75, 3.05) is 0 Å². The van der Waals surface area contributed by atoms with Gasteiger partial charge in [-0.15, -0.1) is 0 Å². The Hall–Kier alpha value is -0.160. The van der Waals surface area contributed by atoms with E-state index in [9.17, 15) is 5.11 Å². The van der Waals surface area contributed by atoms with Crippen LogP contribution >= 0.6 is 0 Å². The van der Waals surface area contributed by atoms with Gasteiger partial charge in [0.2, 0.25) is 0 Å². The van der Waals surface area contributed by atoms with Crippen molar-refractivity contribution in [2.24, 2.45) is 40.9 Å². The molecule has 4 heteroatoms. The summed E-state index contributed by atoms with van der Waals surface area (Å²) in [7, 11) is 0. The van der Waals surface area contributed by atoms with Crippen LogP contribution in [0.2, 0.25) is 0 Å². The van der Waals surface area contributed by atoms with Gasteiger partial charge in [0.15, 0.2) is 0 Å². The van der Waals surface area contributed by atoms with E-state index in [0.717, 1.165) is 96.7 Å². The molecular weight excluding hydrogens is 671 g/mol. The lowest BCUT2D eigenvalue weighted by atomic mass is 9.51. The third kappa shape index (κ3) is 8.85. The minimum Gasteiger partial charge on any atom is -0.393 e. The highest BCUT2D eigenvalue weighted by molar-refractivity contribution is 5.08. The Labute approximate surface area is 340 Å². The van der Waals surface area contributed by atoms with Crippen LogP contribution in [0.5, 0.6) is 0 Å². The van der Waals surface area contributed by atoms with E-state index >= 15 is 0 Å². The van der Waals surface area contributed by atoms with Crippen LogP contribution in [0, 0.1) is 40.9 Å². The Morgan fingerprint density at radius 3 is 1.04 bits per heavy atom. The first-order valence-corrected chi connectivity index (χ1v) is 25.9. The number of aliphatic hydroxyl groups excluding tert-OH is 1. The molecule has 8 aliphatic carbocycles. The second kappa shape index (κ2) is 18.2. The summed E-state index contributed by atoms with van der Waals surface area (Å²) in [6.07, 6.45) is 47.7. The first-order valence-electron chi connectivity index (χ1n) is 25.9. The predicted molar refractivity (Wildman–Crippen MR) is 230 cm³/mol. The fourth-order valence-electron chi connectivity index (χ4n) is 16.9. The van der Waals surface area contributed by atoms with Gasteiger partial charge in [0.1, 0.15) is 0 Å². The Kier molecular flexibility index (Phi) is 13.3. The van der Waals surface area contributed by atoms with Gasteiger partial charge in [0, 0.05) is 48.3 Å². The van der Waals surface area contributed by atoms with Gasteiger partial charge in [-0.05, 0) is 195 Å². The molecule has 6 atom stereocenters. The molecule has 0 amide bonds. The number of piperidine rings is 1. The lowest BCUT2D eigenvalue weighted by Crippen LogP contribution is -2.63. The fraction of sp³-hybridized carbons (Fsp3) is 1.00. The fourth-order valence-corrected chi connectivity index (χ4v) is 16.9. The molecule has 2 N–H and O–H groups in total. The molecule has 9 aliphatic rings. The van der Waals surface area contributed by atoms with Crippen LogP contribution in [0.3, 0.4) is 0 Å². The molecule has 0 aromatic carbocycles. The van der Waals surface area contributed by atoms with Gasteiger partial charge >= 0.3 is 0 Å². The Morgan fingerprint density at radius 1 is 0.364 bits per heavy atom. The van der Waals surface area contributed by atoms with E-state index in [0.29, 0.717) is 5.41 Å². The first-order chi connectivity index (χ1) is 26.9. The maximum atomic E-state index is 10.3. The molecule has 55 heavy (non-hydrogen) atoms. The summed E-state index contributed by atoms with van der Waals surface area (Å²) in [4.78, 5) is 6.32. The van der Waals surface area contributed by atoms with Crippen LogP contribution in [-0.2, 0) is 0 Å². The second-order valence-electron chi connectivity index (χ2n) is 22.9. The number of aliphatic hydroxyl groups is 1. The maximum Gasteiger partial charge on any atom is 0.0541 e. The van der Waals surface area contributed by atoms with Gasteiger partial charge in [-0.3, -0.25) is 9.80 Å². The standard InChI is InChI=1S/C51H89N3O/c1-51(2)47-34-38(36-18-24-43(25-19-36)53(40-12-6-3-7-13-40)41-14-8-4-9-15-41)22-32-49(47)52-50-33-23-39(35-48(50)51)37-20-26-44(27-21-37)54(42-16-10-5-11-17-42)45-28-30-46(55)31-29-45/h36-50,52,55H,3-35H2,1-2H3. The zero-order valence-corrected chi connectivity index (χ0v) is 36.3. The first kappa shape index (κ1) is 40.3. The molecule has 0 aromatic heterocycles. The van der Waals surface area contributed by atoms with E-state index in [4.69, 9.17) is 0 Å². The monoisotopic (exact) mass is 760 g/mol. The molecule has 0 radical (unpaired) electrons. The number of rotatable bonds is 8. The topological polar surface area (TPSA) is 38.7 Å². The SMILES string of the molecule is CC1(C)C2CC(C3CCC(N(C4CCCCC4)C4CCCCC4)CC3)CCC2NC2CCC(C3CCC(N(C4CCCCC4)C4CCC(O)CC4)CC3)CC21. The van der Waals surface area contributed by atoms with Crippen molar-refractivity contribution >= 4 is 0 Å². The van der Waals surface area contributed by atoms with Gasteiger partial charge in [-0.25, -0.2) is 0 Å². The zero-order chi connectivity index (χ0) is 37.4. The minimum atomic E-state index is -0.0310. The summed E-state index contributed by atoms with van der Waals surface area (Å²) < 4.78 is 0. The average Bonchev–Trinajstić information content (AvgIpc) is 3.23. The minimum absolute atomic E-state index is 0.0310. The predicted octanol–water partition coefficient (Wildman–Crippen LogP) is 12.2. The van der Waals surface area contributed by atoms with Gasteiger partial charge in [0.25, 0.3) is 0 Å². The van der Waals surface area contributed by atoms with E-state index in [1.54, 1.807) is 0 Å². The van der Waals surface area contributed by atoms with Crippen LogP contribution in [0.4, 0.5) is 0 Å². The van der Waals surface area contributed by atoms with E-state index in [2.05, 4.69) is 29.0 Å². The van der Waals surface area contributed by atoms with Crippen molar-refractivity contribution in [1.82, 2.24) is 15.1 Å². The van der Waals surface area contributed by atoms with Gasteiger partial charge in [0.05, 0.1) is 6.10 Å². The van der Waals surface area contributed by atoms with Crippen LogP contribution in [-0.4, -0.2) is 69.3 Å². The van der Waals surface area contributed by atoms with Crippen molar-refractivity contribution in [3.8, 4) is 0 Å². The number of fused-ring (bicyclic) bond motifs is 2. The van der Waals surface area contributed by atoms with Crippen LogP contribution in [0.25, 0.3) is 0 Å². The van der Waals surface area contributed by atoms with Crippen LogP contribution in [0.15, 0.2) is 0 Å². The average molecular weight is 760 g/mol. The molecule has 8 saturated carbocycles. The molecule has 0 spiro atoms. The summed E-state index contributed by atoms with van der Waals surface area (Å²) in [5.41, 5.74) is 0.481. The highest BCUT2D eigenvalue weighted by Crippen LogP contribution is 2.57. The van der Waals surface area contributed by atoms with Gasteiger partial charge in [-0.2, -0.15) is 0 Å². The molecule has 4 nitrogen and oxygen atoms in total. The van der Waals surface area contributed by atoms with Gasteiger partial charge < -0.3 is 10.4 Å². The second-order valence-corrected chi connectivity index (χ2v) is 22.9. The summed E-state index contributed by atoms with van der Waals surface area (Å²) in [6, 6.07) is 6.70. The highest BCUT2D eigenvalue weighted by atomic mass is 16.3. The van der Waals surface area contributed by atoms with E-state index < -0.39 is 0 Å². The Bertz CT molecular complexity index is 1140. The van der Waals surface area contributed by atoms with E-state index in [-0.39, 0.29) is 6.10 Å². The summed E-state index contributed by atoms with van der Waals surface area (Å²) in [5.74, 6) is 5.71. The number of hydrogen-bond donors (Lipinski definition) is 2. The molecule has 1 heterocycles. The summed E-state index contributed by atoms with van der Waals surface area (Å²) in [6.45, 7) is 5.55. The molecule has 314 valence electrons. The Morgan fingerprint density at radius 2 is 0.673 bits per heavy atom. The quantitative estimate of drug-likeness (QED) is 0.258. The lowest BCUT2D eigenvalue weighted by Gasteiger charge is -2.60. The summed E-state index contributed by atoms with van der Waals surface area (Å²) >= 11 is 0. The number of nitrogens with one attached hydrogen (secondary N) is 1. The molecule has 0 aromatic rings. The smallest absolute Gasteiger partial charge is 0.0541 e. The molecule has 9 rings (SSSR count). The third-order valence-corrected chi connectivity index (χ3v) is 19.9. The molecule has 0 bridgehead atoms. The van der Waals surface area contributed by atoms with Gasteiger partial charge in [-0.1, -0.05) is 71.6 Å². The van der Waals surface area contributed by atoms with Crippen molar-refractivity contribution in [1.29, 1.82) is 0 Å². The third-order valence-electron chi connectivity index (χ3n) is 19.9. The van der Waals surface area contributed by atoms with Crippen molar-refractivity contribution in [3.05, 3.63) is 0 Å². The molecule has 9 fully saturated rings. The molecular formula is C51H89N3O. The lowest BCUT2D eigenvalue weighted by molar-refractivity contribution is -0.0732. The molecule has 1 aliphatic heterocycles.